The summed E-state index contributed by atoms with van der Waals surface area (Å²) in [4.78, 5) is 12.8. The van der Waals surface area contributed by atoms with E-state index < -0.39 is 5.97 Å². The molecule has 5 heteroatoms. The molecule has 0 saturated carbocycles. The van der Waals surface area contributed by atoms with Gasteiger partial charge in [-0.15, -0.1) is 0 Å². The molecule has 5 nitrogen and oxygen atoms in total. The van der Waals surface area contributed by atoms with Crippen molar-refractivity contribution in [2.75, 3.05) is 6.54 Å². The molecule has 0 radical (unpaired) electrons. The fourth-order valence-electron chi connectivity index (χ4n) is 1.50. The van der Waals surface area contributed by atoms with Gasteiger partial charge in [0.15, 0.2) is 11.5 Å². The molecule has 0 saturated heterocycles. The maximum absolute atomic E-state index is 10.6. The summed E-state index contributed by atoms with van der Waals surface area (Å²) in [5.41, 5.74) is -0.0322. The molecule has 90 valence electrons. The Morgan fingerprint density at radius 3 is 2.75 bits per heavy atom. The largest absolute Gasteiger partial charge is 0.476 e. The van der Waals surface area contributed by atoms with E-state index in [-0.39, 0.29) is 5.69 Å². The Kier molecular flexibility index (Phi) is 4.49. The fourth-order valence-corrected chi connectivity index (χ4v) is 1.50. The van der Waals surface area contributed by atoms with Gasteiger partial charge in [-0.1, -0.05) is 12.1 Å². The number of hydrogen-bond acceptors (Lipinski definition) is 4. The van der Waals surface area contributed by atoms with Crippen molar-refractivity contribution in [3.8, 4) is 0 Å². The Morgan fingerprint density at radius 2 is 2.31 bits per heavy atom. The zero-order valence-corrected chi connectivity index (χ0v) is 9.93. The summed E-state index contributed by atoms with van der Waals surface area (Å²) >= 11 is 0. The van der Waals surface area contributed by atoms with Crippen molar-refractivity contribution in [1.29, 1.82) is 0 Å². The quantitative estimate of drug-likeness (QED) is 0.803. The van der Waals surface area contributed by atoms with Crippen LogP contribution in [0.2, 0.25) is 0 Å². The minimum absolute atomic E-state index is 0.0322. The van der Waals surface area contributed by atoms with Gasteiger partial charge in [-0.2, -0.15) is 0 Å². The molecule has 1 rings (SSSR count). The van der Waals surface area contributed by atoms with E-state index in [1.165, 1.54) is 6.07 Å². The summed E-state index contributed by atoms with van der Waals surface area (Å²) in [6.45, 7) is 7.87. The Balaban J connectivity index is 2.66. The second-order valence-corrected chi connectivity index (χ2v) is 4.05. The number of carboxylic acid groups (broad SMARTS) is 1. The number of aromatic carboxylic acids is 1. The molecule has 0 aromatic carbocycles. The number of aromatic nitrogens is 1. The van der Waals surface area contributed by atoms with Gasteiger partial charge in [0.25, 0.3) is 0 Å². The molecular weight excluding hydrogens is 208 g/mol. The van der Waals surface area contributed by atoms with Gasteiger partial charge in [-0.25, -0.2) is 4.79 Å². The van der Waals surface area contributed by atoms with Gasteiger partial charge in [0.2, 0.25) is 0 Å². The number of rotatable bonds is 6. The van der Waals surface area contributed by atoms with Crippen LogP contribution in [0.25, 0.3) is 0 Å². The van der Waals surface area contributed by atoms with Crippen molar-refractivity contribution in [3.05, 3.63) is 17.5 Å². The van der Waals surface area contributed by atoms with E-state index in [4.69, 9.17) is 9.63 Å². The van der Waals surface area contributed by atoms with Gasteiger partial charge < -0.3 is 9.63 Å². The topological polar surface area (TPSA) is 66.6 Å². The molecule has 0 fully saturated rings. The monoisotopic (exact) mass is 226 g/mol. The van der Waals surface area contributed by atoms with Crippen molar-refractivity contribution in [2.45, 2.75) is 39.8 Å². The van der Waals surface area contributed by atoms with Crippen molar-refractivity contribution >= 4 is 5.97 Å². The third-order valence-electron chi connectivity index (χ3n) is 2.38. The highest BCUT2D eigenvalue weighted by Gasteiger charge is 2.15. The Hall–Kier alpha value is -1.36. The van der Waals surface area contributed by atoms with Crippen molar-refractivity contribution in [3.63, 3.8) is 0 Å². The van der Waals surface area contributed by atoms with Crippen LogP contribution in [0.15, 0.2) is 10.6 Å². The lowest BCUT2D eigenvalue weighted by Gasteiger charge is -2.24. The first-order valence-electron chi connectivity index (χ1n) is 5.47. The second kappa shape index (κ2) is 5.65. The molecule has 1 N–H and O–H groups in total. The lowest BCUT2D eigenvalue weighted by atomic mass is 10.2. The van der Waals surface area contributed by atoms with Crippen LogP contribution in [-0.2, 0) is 6.54 Å². The second-order valence-electron chi connectivity index (χ2n) is 4.05. The van der Waals surface area contributed by atoms with Gasteiger partial charge in [-0.3, -0.25) is 4.90 Å². The van der Waals surface area contributed by atoms with Crippen LogP contribution < -0.4 is 0 Å². The van der Waals surface area contributed by atoms with Crippen molar-refractivity contribution < 1.29 is 14.4 Å². The molecule has 0 aliphatic carbocycles. The van der Waals surface area contributed by atoms with Gasteiger partial charge >= 0.3 is 5.97 Å². The number of carboxylic acids is 1. The van der Waals surface area contributed by atoms with Crippen LogP contribution in [0.1, 0.15) is 43.4 Å². The zero-order chi connectivity index (χ0) is 12.1. The van der Waals surface area contributed by atoms with E-state index in [0.717, 1.165) is 13.0 Å². The molecule has 0 amide bonds. The predicted octanol–water partition coefficient (Wildman–Crippen LogP) is 1.99. The normalized spacial score (nSPS) is 11.3. The first-order valence-corrected chi connectivity index (χ1v) is 5.47. The van der Waals surface area contributed by atoms with E-state index in [2.05, 4.69) is 30.8 Å². The summed E-state index contributed by atoms with van der Waals surface area (Å²) in [6, 6.07) is 1.88. The zero-order valence-electron chi connectivity index (χ0n) is 9.93. The van der Waals surface area contributed by atoms with Crippen LogP contribution >= 0.6 is 0 Å². The Labute approximate surface area is 95.0 Å². The first kappa shape index (κ1) is 12.7. The molecular formula is C11H18N2O3. The SMILES string of the molecule is CCCN(Cc1cc(C(=O)O)no1)C(C)C. The van der Waals surface area contributed by atoms with Crippen LogP contribution in [0.4, 0.5) is 0 Å². The molecule has 0 aliphatic heterocycles. The van der Waals surface area contributed by atoms with Crippen LogP contribution in [0.5, 0.6) is 0 Å². The van der Waals surface area contributed by atoms with E-state index in [1.807, 2.05) is 0 Å². The highest BCUT2D eigenvalue weighted by molar-refractivity contribution is 5.85. The van der Waals surface area contributed by atoms with Gasteiger partial charge in [0.1, 0.15) is 0 Å². The molecule has 1 aromatic rings. The summed E-state index contributed by atoms with van der Waals surface area (Å²) in [7, 11) is 0. The highest BCUT2D eigenvalue weighted by atomic mass is 16.5. The maximum atomic E-state index is 10.6. The first-order chi connectivity index (χ1) is 7.54. The van der Waals surface area contributed by atoms with Gasteiger partial charge in [0.05, 0.1) is 6.54 Å². The molecule has 0 unspecified atom stereocenters. The van der Waals surface area contributed by atoms with Gasteiger partial charge in [-0.05, 0) is 26.8 Å². The van der Waals surface area contributed by atoms with E-state index in [9.17, 15) is 4.79 Å². The molecule has 0 spiro atoms. The van der Waals surface area contributed by atoms with E-state index >= 15 is 0 Å². The van der Waals surface area contributed by atoms with Crippen LogP contribution in [-0.4, -0.2) is 33.7 Å². The van der Waals surface area contributed by atoms with Crippen LogP contribution in [0, 0.1) is 0 Å². The summed E-state index contributed by atoms with van der Waals surface area (Å²) in [6.07, 6.45) is 1.05. The summed E-state index contributed by atoms with van der Waals surface area (Å²) in [5.74, 6) is -0.457. The highest BCUT2D eigenvalue weighted by Crippen LogP contribution is 2.10. The minimum Gasteiger partial charge on any atom is -0.476 e. The number of nitrogens with zero attached hydrogens (tertiary/aromatic N) is 2. The van der Waals surface area contributed by atoms with Crippen molar-refractivity contribution in [2.24, 2.45) is 0 Å². The smallest absolute Gasteiger partial charge is 0.358 e. The molecule has 0 atom stereocenters. The van der Waals surface area contributed by atoms with Gasteiger partial charge in [0, 0.05) is 12.1 Å². The summed E-state index contributed by atoms with van der Waals surface area (Å²) < 4.78 is 4.98. The summed E-state index contributed by atoms with van der Waals surface area (Å²) in [5, 5.41) is 12.2. The third kappa shape index (κ3) is 3.34. The Morgan fingerprint density at radius 1 is 1.62 bits per heavy atom. The lowest BCUT2D eigenvalue weighted by Crippen LogP contribution is -2.30. The van der Waals surface area contributed by atoms with E-state index in [1.54, 1.807) is 0 Å². The fraction of sp³-hybridized carbons (Fsp3) is 0.636. The number of hydrogen-bond donors (Lipinski definition) is 1. The molecule has 0 aliphatic rings. The molecule has 1 aromatic heterocycles. The molecule has 1 heterocycles. The Bertz CT molecular complexity index is 347. The number of carbonyl (C=O) groups is 1. The average Bonchev–Trinajstić information content (AvgIpc) is 2.65. The van der Waals surface area contributed by atoms with Crippen LogP contribution in [0.3, 0.4) is 0 Å². The average molecular weight is 226 g/mol. The molecule has 16 heavy (non-hydrogen) atoms. The standard InChI is InChI=1S/C11H18N2O3/c1-4-5-13(8(2)3)7-9-6-10(11(14)15)12-16-9/h6,8H,4-5,7H2,1-3H3,(H,14,15). The molecule has 0 bridgehead atoms. The minimum atomic E-state index is -1.05. The predicted molar refractivity (Wildman–Crippen MR) is 59.3 cm³/mol. The lowest BCUT2D eigenvalue weighted by molar-refractivity contribution is 0.0685. The van der Waals surface area contributed by atoms with E-state index in [0.29, 0.717) is 18.3 Å². The van der Waals surface area contributed by atoms with Crippen molar-refractivity contribution in [1.82, 2.24) is 10.1 Å². The maximum Gasteiger partial charge on any atom is 0.358 e. The third-order valence-corrected chi connectivity index (χ3v) is 2.38.